The summed E-state index contributed by atoms with van der Waals surface area (Å²) in [5.74, 6) is 0.607. The van der Waals surface area contributed by atoms with Crippen molar-refractivity contribution >= 4 is 5.69 Å². The molecule has 2 rings (SSSR count). The molecule has 1 unspecified atom stereocenters. The van der Waals surface area contributed by atoms with Crippen LogP contribution in [0.3, 0.4) is 0 Å². The number of anilines is 1. The van der Waals surface area contributed by atoms with E-state index >= 15 is 0 Å². The fraction of sp³-hybridized carbons (Fsp3) is 0.500. The van der Waals surface area contributed by atoms with Gasteiger partial charge in [-0.1, -0.05) is 0 Å². The highest BCUT2D eigenvalue weighted by molar-refractivity contribution is 5.47. The van der Waals surface area contributed by atoms with Crippen LogP contribution < -0.4 is 15.4 Å². The Labute approximate surface area is 95.0 Å². The fourth-order valence-electron chi connectivity index (χ4n) is 1.93. The molecule has 4 heteroatoms. The summed E-state index contributed by atoms with van der Waals surface area (Å²) in [5.41, 5.74) is 0.810. The summed E-state index contributed by atoms with van der Waals surface area (Å²) in [5, 5.41) is 6.55. The van der Waals surface area contributed by atoms with Crippen molar-refractivity contribution in [2.24, 2.45) is 5.92 Å². The zero-order valence-corrected chi connectivity index (χ0v) is 9.42. The molecule has 1 aliphatic rings. The molecule has 0 aromatic heterocycles. The summed E-state index contributed by atoms with van der Waals surface area (Å²) in [4.78, 5) is 0. The van der Waals surface area contributed by atoms with Crippen molar-refractivity contribution in [3.05, 3.63) is 24.0 Å². The zero-order valence-electron chi connectivity index (χ0n) is 9.42. The molecule has 2 N–H and O–H groups in total. The predicted octanol–water partition coefficient (Wildman–Crippen LogP) is 1.86. The van der Waals surface area contributed by atoms with Crippen LogP contribution in [0.5, 0.6) is 5.75 Å². The molecule has 0 amide bonds. The number of benzene rings is 1. The van der Waals surface area contributed by atoms with Gasteiger partial charge in [0.05, 0.1) is 7.11 Å². The third kappa shape index (κ3) is 2.64. The molecule has 0 aliphatic carbocycles. The van der Waals surface area contributed by atoms with Crippen LogP contribution in [-0.4, -0.2) is 26.7 Å². The molecule has 3 nitrogen and oxygen atoms in total. The summed E-state index contributed by atoms with van der Waals surface area (Å²) in [6.07, 6.45) is 1.19. The van der Waals surface area contributed by atoms with Crippen molar-refractivity contribution in [2.75, 3.05) is 32.1 Å². The van der Waals surface area contributed by atoms with Crippen LogP contribution in [0.1, 0.15) is 6.42 Å². The first-order valence-electron chi connectivity index (χ1n) is 5.57. The topological polar surface area (TPSA) is 33.3 Å². The van der Waals surface area contributed by atoms with Gasteiger partial charge in [0.15, 0.2) is 11.6 Å². The molecule has 1 aromatic carbocycles. The number of halogens is 1. The molecule has 88 valence electrons. The lowest BCUT2D eigenvalue weighted by atomic mass is 10.1. The average molecular weight is 224 g/mol. The third-order valence-corrected chi connectivity index (χ3v) is 2.91. The second kappa shape index (κ2) is 5.16. The van der Waals surface area contributed by atoms with Crippen molar-refractivity contribution in [1.29, 1.82) is 0 Å². The van der Waals surface area contributed by atoms with E-state index < -0.39 is 0 Å². The van der Waals surface area contributed by atoms with E-state index in [2.05, 4.69) is 10.6 Å². The van der Waals surface area contributed by atoms with Crippen molar-refractivity contribution in [3.8, 4) is 5.75 Å². The van der Waals surface area contributed by atoms with Crippen molar-refractivity contribution in [3.63, 3.8) is 0 Å². The van der Waals surface area contributed by atoms with Gasteiger partial charge >= 0.3 is 0 Å². The van der Waals surface area contributed by atoms with Crippen LogP contribution in [0.2, 0.25) is 0 Å². The lowest BCUT2D eigenvalue weighted by Crippen LogP contribution is -2.17. The molecule has 0 saturated carbocycles. The van der Waals surface area contributed by atoms with Crippen LogP contribution in [0, 0.1) is 11.7 Å². The number of rotatable bonds is 4. The molecule has 1 heterocycles. The predicted molar refractivity (Wildman–Crippen MR) is 62.4 cm³/mol. The van der Waals surface area contributed by atoms with Crippen molar-refractivity contribution in [1.82, 2.24) is 5.32 Å². The minimum atomic E-state index is -0.322. The lowest BCUT2D eigenvalue weighted by Gasteiger charge is -2.12. The standard InChI is InChI=1S/C12H17FN2O/c1-16-12-3-2-10(6-11(12)13)15-8-9-4-5-14-7-9/h2-3,6,9,14-15H,4-5,7-8H2,1H3. The highest BCUT2D eigenvalue weighted by Gasteiger charge is 2.13. The van der Waals surface area contributed by atoms with Gasteiger partial charge in [-0.15, -0.1) is 0 Å². The van der Waals surface area contributed by atoms with Crippen molar-refractivity contribution < 1.29 is 9.13 Å². The molecule has 1 fully saturated rings. The highest BCUT2D eigenvalue weighted by Crippen LogP contribution is 2.21. The smallest absolute Gasteiger partial charge is 0.167 e. The van der Waals surface area contributed by atoms with E-state index in [4.69, 9.17) is 4.74 Å². The van der Waals surface area contributed by atoms with E-state index in [1.165, 1.54) is 19.6 Å². The number of methoxy groups -OCH3 is 1. The van der Waals surface area contributed by atoms with Crippen LogP contribution in [-0.2, 0) is 0 Å². The Bertz CT molecular complexity index is 351. The van der Waals surface area contributed by atoms with Gasteiger partial charge in [0.2, 0.25) is 0 Å². The Hall–Kier alpha value is -1.29. The van der Waals surface area contributed by atoms with Crippen LogP contribution >= 0.6 is 0 Å². The SMILES string of the molecule is COc1ccc(NCC2CCNC2)cc1F. The minimum Gasteiger partial charge on any atom is -0.494 e. The second-order valence-electron chi connectivity index (χ2n) is 4.09. The minimum absolute atomic E-state index is 0.285. The molecular weight excluding hydrogens is 207 g/mol. The Morgan fingerprint density at radius 1 is 1.56 bits per heavy atom. The summed E-state index contributed by atoms with van der Waals surface area (Å²) >= 11 is 0. The largest absolute Gasteiger partial charge is 0.494 e. The quantitative estimate of drug-likeness (QED) is 0.819. The van der Waals surface area contributed by atoms with E-state index in [9.17, 15) is 4.39 Å². The first kappa shape index (κ1) is 11.2. The van der Waals surface area contributed by atoms with E-state index in [1.807, 2.05) is 6.07 Å². The van der Waals surface area contributed by atoms with E-state index in [0.717, 1.165) is 25.3 Å². The van der Waals surface area contributed by atoms with Gasteiger partial charge in [0, 0.05) is 18.3 Å². The summed E-state index contributed by atoms with van der Waals surface area (Å²) in [6, 6.07) is 4.95. The lowest BCUT2D eigenvalue weighted by molar-refractivity contribution is 0.386. The summed E-state index contributed by atoms with van der Waals surface area (Å²) in [7, 11) is 1.47. The first-order valence-corrected chi connectivity index (χ1v) is 5.57. The average Bonchev–Trinajstić information content (AvgIpc) is 2.79. The van der Waals surface area contributed by atoms with E-state index in [1.54, 1.807) is 6.07 Å². The zero-order chi connectivity index (χ0) is 11.4. The molecule has 1 aliphatic heterocycles. The molecule has 16 heavy (non-hydrogen) atoms. The molecule has 0 radical (unpaired) electrons. The van der Waals surface area contributed by atoms with Gasteiger partial charge in [0.25, 0.3) is 0 Å². The van der Waals surface area contributed by atoms with Gasteiger partial charge in [-0.3, -0.25) is 0 Å². The molecule has 1 aromatic rings. The number of nitrogens with one attached hydrogen (secondary N) is 2. The van der Waals surface area contributed by atoms with Crippen LogP contribution in [0.4, 0.5) is 10.1 Å². The number of ether oxygens (including phenoxy) is 1. The van der Waals surface area contributed by atoms with Gasteiger partial charge in [-0.2, -0.15) is 0 Å². The van der Waals surface area contributed by atoms with Gasteiger partial charge < -0.3 is 15.4 Å². The Balaban J connectivity index is 1.91. The Morgan fingerprint density at radius 3 is 3.06 bits per heavy atom. The van der Waals surface area contributed by atoms with Gasteiger partial charge in [-0.05, 0) is 37.6 Å². The van der Waals surface area contributed by atoms with E-state index in [-0.39, 0.29) is 11.6 Å². The Morgan fingerprint density at radius 2 is 2.44 bits per heavy atom. The molecular formula is C12H17FN2O. The maximum Gasteiger partial charge on any atom is 0.167 e. The maximum atomic E-state index is 13.4. The summed E-state index contributed by atoms with van der Waals surface area (Å²) < 4.78 is 18.2. The number of hydrogen-bond donors (Lipinski definition) is 2. The molecule has 1 atom stereocenters. The molecule has 0 spiro atoms. The second-order valence-corrected chi connectivity index (χ2v) is 4.09. The Kier molecular flexibility index (Phi) is 3.62. The number of hydrogen-bond acceptors (Lipinski definition) is 3. The highest BCUT2D eigenvalue weighted by atomic mass is 19.1. The van der Waals surface area contributed by atoms with Crippen LogP contribution in [0.15, 0.2) is 18.2 Å². The molecule has 0 bridgehead atoms. The summed E-state index contributed by atoms with van der Waals surface area (Å²) in [6.45, 7) is 3.02. The first-order chi connectivity index (χ1) is 7.79. The maximum absolute atomic E-state index is 13.4. The normalized spacial score (nSPS) is 19.8. The fourth-order valence-corrected chi connectivity index (χ4v) is 1.93. The third-order valence-electron chi connectivity index (χ3n) is 2.91. The van der Waals surface area contributed by atoms with Gasteiger partial charge in [0.1, 0.15) is 0 Å². The van der Waals surface area contributed by atoms with Crippen molar-refractivity contribution in [2.45, 2.75) is 6.42 Å². The molecule has 1 saturated heterocycles. The van der Waals surface area contributed by atoms with Gasteiger partial charge in [-0.25, -0.2) is 4.39 Å². The van der Waals surface area contributed by atoms with E-state index in [0.29, 0.717) is 5.92 Å². The van der Waals surface area contributed by atoms with Crippen LogP contribution in [0.25, 0.3) is 0 Å². The monoisotopic (exact) mass is 224 g/mol.